The van der Waals surface area contributed by atoms with Crippen LogP contribution in [0.5, 0.6) is 11.5 Å². The van der Waals surface area contributed by atoms with Crippen LogP contribution < -0.4 is 14.8 Å². The van der Waals surface area contributed by atoms with Crippen LogP contribution in [0.1, 0.15) is 74.1 Å². The molecule has 1 aliphatic carbocycles. The highest BCUT2D eigenvalue weighted by molar-refractivity contribution is 6.05. The van der Waals surface area contributed by atoms with Crippen molar-refractivity contribution in [2.24, 2.45) is 0 Å². The van der Waals surface area contributed by atoms with Crippen molar-refractivity contribution >= 4 is 16.9 Å². The first-order valence-corrected chi connectivity index (χ1v) is 11.6. The molecule has 0 radical (unpaired) electrons. The van der Waals surface area contributed by atoms with Gasteiger partial charge in [-0.1, -0.05) is 6.07 Å². The van der Waals surface area contributed by atoms with E-state index in [1.807, 2.05) is 42.8 Å². The Labute approximate surface area is 189 Å². The second-order valence-corrected chi connectivity index (χ2v) is 8.44. The van der Waals surface area contributed by atoms with Gasteiger partial charge < -0.3 is 14.8 Å². The van der Waals surface area contributed by atoms with Gasteiger partial charge in [-0.15, -0.1) is 0 Å². The van der Waals surface area contributed by atoms with Crippen LogP contribution in [-0.4, -0.2) is 40.4 Å². The zero-order valence-electron chi connectivity index (χ0n) is 19.4. The number of nitrogens with zero attached hydrogens (tertiary/aromatic N) is 3. The zero-order chi connectivity index (χ0) is 22.7. The van der Waals surface area contributed by atoms with Crippen molar-refractivity contribution in [2.45, 2.75) is 58.9 Å². The van der Waals surface area contributed by atoms with E-state index in [-0.39, 0.29) is 11.9 Å². The van der Waals surface area contributed by atoms with Crippen molar-refractivity contribution in [1.82, 2.24) is 20.1 Å². The predicted octanol–water partition coefficient (Wildman–Crippen LogP) is 4.66. The molecule has 4 rings (SSSR count). The maximum atomic E-state index is 13.1. The zero-order valence-corrected chi connectivity index (χ0v) is 19.4. The number of rotatable bonds is 10. The lowest BCUT2D eigenvalue weighted by Gasteiger charge is -2.13. The molecular formula is C25H32N4O3. The topological polar surface area (TPSA) is 78.3 Å². The quantitative estimate of drug-likeness (QED) is 0.500. The van der Waals surface area contributed by atoms with Gasteiger partial charge in [0.2, 0.25) is 0 Å². The molecule has 0 saturated heterocycles. The lowest BCUT2D eigenvalue weighted by Crippen LogP contribution is -2.26. The van der Waals surface area contributed by atoms with Crippen LogP contribution in [0.3, 0.4) is 0 Å². The van der Waals surface area contributed by atoms with E-state index in [4.69, 9.17) is 14.5 Å². The van der Waals surface area contributed by atoms with E-state index in [1.54, 1.807) is 6.20 Å². The minimum Gasteiger partial charge on any atom is -0.490 e. The number of ether oxygens (including phenoxy) is 2. The van der Waals surface area contributed by atoms with Crippen LogP contribution in [0.4, 0.5) is 0 Å². The molecule has 7 heteroatoms. The molecule has 2 aromatic heterocycles. The standard InChI is InChI=1S/C25H32N4O3/c1-5-31-22-10-7-17(13-23(22)32-6-2)11-12-26-25(30)19-14-21(18-8-9-18)28-24-20(19)15-27-29(24)16(3)4/h7,10,13-16,18H,5-6,8-9,11-12H2,1-4H3,(H,26,30). The fourth-order valence-corrected chi connectivity index (χ4v) is 3.86. The molecular weight excluding hydrogens is 404 g/mol. The van der Waals surface area contributed by atoms with E-state index in [9.17, 15) is 4.79 Å². The molecule has 170 valence electrons. The van der Waals surface area contributed by atoms with Crippen LogP contribution in [0.15, 0.2) is 30.5 Å². The van der Waals surface area contributed by atoms with Gasteiger partial charge in [-0.25, -0.2) is 9.67 Å². The second-order valence-electron chi connectivity index (χ2n) is 8.44. The molecule has 1 N–H and O–H groups in total. The van der Waals surface area contributed by atoms with E-state index in [0.717, 1.165) is 46.6 Å². The maximum Gasteiger partial charge on any atom is 0.252 e. The summed E-state index contributed by atoms with van der Waals surface area (Å²) in [5.74, 6) is 1.86. The molecule has 1 saturated carbocycles. The Morgan fingerprint density at radius 3 is 2.59 bits per heavy atom. The summed E-state index contributed by atoms with van der Waals surface area (Å²) in [5, 5.41) is 8.37. The summed E-state index contributed by atoms with van der Waals surface area (Å²) >= 11 is 0. The number of amides is 1. The van der Waals surface area contributed by atoms with E-state index >= 15 is 0 Å². The van der Waals surface area contributed by atoms with Gasteiger partial charge in [0, 0.05) is 24.2 Å². The summed E-state index contributed by atoms with van der Waals surface area (Å²) < 4.78 is 13.2. The number of hydrogen-bond donors (Lipinski definition) is 1. The first kappa shape index (κ1) is 22.1. The molecule has 2 heterocycles. The highest BCUT2D eigenvalue weighted by Gasteiger charge is 2.28. The summed E-state index contributed by atoms with van der Waals surface area (Å²) in [7, 11) is 0. The number of carbonyl (C=O) groups is 1. The van der Waals surface area contributed by atoms with Crippen LogP contribution in [-0.2, 0) is 6.42 Å². The predicted molar refractivity (Wildman–Crippen MR) is 125 cm³/mol. The molecule has 0 aliphatic heterocycles. The van der Waals surface area contributed by atoms with Crippen molar-refractivity contribution in [3.05, 3.63) is 47.3 Å². The highest BCUT2D eigenvalue weighted by Crippen LogP contribution is 2.40. The number of fused-ring (bicyclic) bond motifs is 1. The largest absolute Gasteiger partial charge is 0.490 e. The normalized spacial score (nSPS) is 13.5. The minimum absolute atomic E-state index is 0.0847. The molecule has 3 aromatic rings. The molecule has 1 amide bonds. The minimum atomic E-state index is -0.0847. The third-order valence-corrected chi connectivity index (χ3v) is 5.62. The van der Waals surface area contributed by atoms with E-state index in [1.165, 1.54) is 0 Å². The van der Waals surface area contributed by atoms with Gasteiger partial charge >= 0.3 is 0 Å². The Kier molecular flexibility index (Phi) is 6.63. The number of pyridine rings is 1. The van der Waals surface area contributed by atoms with Crippen molar-refractivity contribution in [2.75, 3.05) is 19.8 Å². The molecule has 0 spiro atoms. The van der Waals surface area contributed by atoms with Gasteiger partial charge in [0.1, 0.15) is 0 Å². The Bertz CT molecular complexity index is 1100. The SMILES string of the molecule is CCOc1ccc(CCNC(=O)c2cc(C3CC3)nc3c2cnn3C(C)C)cc1OCC. The Hall–Kier alpha value is -3.09. The fraction of sp³-hybridized carbons (Fsp3) is 0.480. The first-order valence-electron chi connectivity index (χ1n) is 11.6. The van der Waals surface area contributed by atoms with Gasteiger partial charge in [0.05, 0.1) is 30.4 Å². The number of carbonyl (C=O) groups excluding carboxylic acids is 1. The number of hydrogen-bond acceptors (Lipinski definition) is 5. The summed E-state index contributed by atoms with van der Waals surface area (Å²) in [6.45, 7) is 9.75. The molecule has 32 heavy (non-hydrogen) atoms. The first-order chi connectivity index (χ1) is 15.5. The third kappa shape index (κ3) is 4.71. The molecule has 1 fully saturated rings. The van der Waals surface area contributed by atoms with E-state index in [0.29, 0.717) is 37.7 Å². The molecule has 0 bridgehead atoms. The Morgan fingerprint density at radius 2 is 1.91 bits per heavy atom. The van der Waals surface area contributed by atoms with Crippen LogP contribution in [0.2, 0.25) is 0 Å². The van der Waals surface area contributed by atoms with Crippen molar-refractivity contribution < 1.29 is 14.3 Å². The van der Waals surface area contributed by atoms with Crippen LogP contribution >= 0.6 is 0 Å². The van der Waals surface area contributed by atoms with Gasteiger partial charge in [-0.05, 0) is 70.7 Å². The van der Waals surface area contributed by atoms with Gasteiger partial charge in [-0.2, -0.15) is 5.10 Å². The van der Waals surface area contributed by atoms with Gasteiger partial charge in [0.15, 0.2) is 17.1 Å². The van der Waals surface area contributed by atoms with Gasteiger partial charge in [-0.3, -0.25) is 4.79 Å². The lowest BCUT2D eigenvalue weighted by atomic mass is 10.1. The van der Waals surface area contributed by atoms with Crippen molar-refractivity contribution in [1.29, 1.82) is 0 Å². The summed E-state index contributed by atoms with van der Waals surface area (Å²) in [4.78, 5) is 17.9. The lowest BCUT2D eigenvalue weighted by molar-refractivity contribution is 0.0955. The van der Waals surface area contributed by atoms with Crippen molar-refractivity contribution in [3.63, 3.8) is 0 Å². The van der Waals surface area contributed by atoms with Crippen LogP contribution in [0.25, 0.3) is 11.0 Å². The monoisotopic (exact) mass is 436 g/mol. The highest BCUT2D eigenvalue weighted by atomic mass is 16.5. The molecule has 0 atom stereocenters. The molecule has 7 nitrogen and oxygen atoms in total. The number of benzene rings is 1. The fourth-order valence-electron chi connectivity index (χ4n) is 3.86. The van der Waals surface area contributed by atoms with E-state index < -0.39 is 0 Å². The third-order valence-electron chi connectivity index (χ3n) is 5.62. The number of aromatic nitrogens is 3. The number of nitrogens with one attached hydrogen (secondary N) is 1. The average molecular weight is 437 g/mol. The second kappa shape index (κ2) is 9.59. The van der Waals surface area contributed by atoms with Gasteiger partial charge in [0.25, 0.3) is 5.91 Å². The summed E-state index contributed by atoms with van der Waals surface area (Å²) in [6.07, 6.45) is 4.73. The summed E-state index contributed by atoms with van der Waals surface area (Å²) in [6, 6.07) is 8.07. The van der Waals surface area contributed by atoms with E-state index in [2.05, 4.69) is 24.3 Å². The van der Waals surface area contributed by atoms with Crippen molar-refractivity contribution in [3.8, 4) is 11.5 Å². The maximum absolute atomic E-state index is 13.1. The average Bonchev–Trinajstić information content (AvgIpc) is 3.53. The molecule has 0 unspecified atom stereocenters. The molecule has 1 aromatic carbocycles. The Morgan fingerprint density at radius 1 is 1.16 bits per heavy atom. The summed E-state index contributed by atoms with van der Waals surface area (Å²) in [5.41, 5.74) is 3.54. The molecule has 1 aliphatic rings. The van der Waals surface area contributed by atoms with Crippen LogP contribution in [0, 0.1) is 0 Å². The Balaban J connectivity index is 1.49. The smallest absolute Gasteiger partial charge is 0.252 e.